The van der Waals surface area contributed by atoms with Crippen LogP contribution >= 0.6 is 0 Å². The quantitative estimate of drug-likeness (QED) is 0.851. The maximum absolute atomic E-state index is 11.8. The Morgan fingerprint density at radius 1 is 1.00 bits per heavy atom. The molecule has 122 valence electrons. The summed E-state index contributed by atoms with van der Waals surface area (Å²) in [6.07, 6.45) is 0. The predicted molar refractivity (Wildman–Crippen MR) is 88.1 cm³/mol. The number of carbonyl (C=O) groups excluding carboxylic acids is 1. The number of benzene rings is 2. The standard InChI is InChI=1S/C16H18N2O4S/c1-3-17-23(20,21)16-10-8-15(9-11-16)22-14-6-4-13(5-7-14)18-12(2)19/h4-11,17H,3H2,1-2H3,(H,18,19). The Bertz CT molecular complexity index is 769. The van der Waals surface area contributed by atoms with E-state index in [0.717, 1.165) is 0 Å². The molecule has 2 N–H and O–H groups in total. The summed E-state index contributed by atoms with van der Waals surface area (Å²) in [5.41, 5.74) is 0.678. The Labute approximate surface area is 135 Å². The Hall–Kier alpha value is -2.38. The lowest BCUT2D eigenvalue weighted by Gasteiger charge is -2.08. The van der Waals surface area contributed by atoms with Crippen LogP contribution in [0.3, 0.4) is 0 Å². The Morgan fingerprint density at radius 2 is 1.52 bits per heavy atom. The summed E-state index contributed by atoms with van der Waals surface area (Å²) in [6.45, 7) is 3.49. The molecule has 0 aliphatic carbocycles. The van der Waals surface area contributed by atoms with Crippen molar-refractivity contribution in [2.45, 2.75) is 18.7 Å². The summed E-state index contributed by atoms with van der Waals surface area (Å²) in [7, 11) is -3.46. The fraction of sp³-hybridized carbons (Fsp3) is 0.188. The van der Waals surface area contributed by atoms with Crippen molar-refractivity contribution >= 4 is 21.6 Å². The Morgan fingerprint density at radius 3 is 2.00 bits per heavy atom. The molecule has 0 atom stereocenters. The molecule has 6 nitrogen and oxygen atoms in total. The molecular formula is C16H18N2O4S. The van der Waals surface area contributed by atoms with E-state index in [-0.39, 0.29) is 10.8 Å². The molecule has 0 fully saturated rings. The van der Waals surface area contributed by atoms with E-state index in [2.05, 4.69) is 10.0 Å². The molecule has 0 aromatic heterocycles. The van der Waals surface area contributed by atoms with Gasteiger partial charge in [0.15, 0.2) is 0 Å². The number of anilines is 1. The van der Waals surface area contributed by atoms with Crippen molar-refractivity contribution in [3.63, 3.8) is 0 Å². The molecule has 2 rings (SSSR count). The van der Waals surface area contributed by atoms with Crippen LogP contribution in [0.4, 0.5) is 5.69 Å². The Kier molecular flexibility index (Phi) is 5.36. The zero-order valence-corrected chi connectivity index (χ0v) is 13.7. The third kappa shape index (κ3) is 4.80. The van der Waals surface area contributed by atoms with E-state index in [9.17, 15) is 13.2 Å². The highest BCUT2D eigenvalue weighted by Gasteiger charge is 2.12. The molecule has 2 aromatic rings. The van der Waals surface area contributed by atoms with E-state index in [1.54, 1.807) is 43.3 Å². The second kappa shape index (κ2) is 7.26. The van der Waals surface area contributed by atoms with Gasteiger partial charge in [-0.15, -0.1) is 0 Å². The number of amides is 1. The summed E-state index contributed by atoms with van der Waals surface area (Å²) in [5.74, 6) is 0.963. The van der Waals surface area contributed by atoms with Gasteiger partial charge in [-0.1, -0.05) is 6.92 Å². The molecule has 0 aliphatic heterocycles. The van der Waals surface area contributed by atoms with Crippen molar-refractivity contribution in [2.24, 2.45) is 0 Å². The normalized spacial score (nSPS) is 11.0. The smallest absolute Gasteiger partial charge is 0.240 e. The van der Waals surface area contributed by atoms with Crippen molar-refractivity contribution in [1.82, 2.24) is 4.72 Å². The minimum atomic E-state index is -3.46. The largest absolute Gasteiger partial charge is 0.457 e. The summed E-state index contributed by atoms with van der Waals surface area (Å²) in [5, 5.41) is 2.66. The van der Waals surface area contributed by atoms with Gasteiger partial charge in [0.05, 0.1) is 4.90 Å². The third-order valence-corrected chi connectivity index (χ3v) is 4.44. The van der Waals surface area contributed by atoms with Gasteiger partial charge in [-0.25, -0.2) is 13.1 Å². The highest BCUT2D eigenvalue weighted by atomic mass is 32.2. The third-order valence-electron chi connectivity index (χ3n) is 2.88. The lowest BCUT2D eigenvalue weighted by Crippen LogP contribution is -2.22. The van der Waals surface area contributed by atoms with Crippen molar-refractivity contribution in [3.8, 4) is 11.5 Å². The predicted octanol–water partition coefficient (Wildman–Crippen LogP) is 2.74. The summed E-state index contributed by atoms with van der Waals surface area (Å²) < 4.78 is 31.7. The van der Waals surface area contributed by atoms with Crippen molar-refractivity contribution in [2.75, 3.05) is 11.9 Å². The zero-order valence-electron chi connectivity index (χ0n) is 12.9. The molecule has 0 saturated carbocycles. The van der Waals surface area contributed by atoms with Gasteiger partial charge in [-0.3, -0.25) is 4.79 Å². The number of carbonyl (C=O) groups is 1. The van der Waals surface area contributed by atoms with Gasteiger partial charge in [-0.2, -0.15) is 0 Å². The maximum Gasteiger partial charge on any atom is 0.240 e. The molecule has 2 aromatic carbocycles. The van der Waals surface area contributed by atoms with Crippen LogP contribution in [0.15, 0.2) is 53.4 Å². The fourth-order valence-corrected chi connectivity index (χ4v) is 2.95. The lowest BCUT2D eigenvalue weighted by molar-refractivity contribution is -0.114. The first-order valence-corrected chi connectivity index (χ1v) is 8.54. The first-order valence-electron chi connectivity index (χ1n) is 7.06. The minimum Gasteiger partial charge on any atom is -0.457 e. The van der Waals surface area contributed by atoms with Crippen LogP contribution in [-0.4, -0.2) is 20.9 Å². The zero-order chi connectivity index (χ0) is 16.9. The van der Waals surface area contributed by atoms with Crippen molar-refractivity contribution in [3.05, 3.63) is 48.5 Å². The molecule has 1 amide bonds. The van der Waals surface area contributed by atoms with E-state index in [1.165, 1.54) is 19.1 Å². The van der Waals surface area contributed by atoms with Crippen molar-refractivity contribution < 1.29 is 17.9 Å². The molecule has 0 unspecified atom stereocenters. The molecular weight excluding hydrogens is 316 g/mol. The average molecular weight is 334 g/mol. The first kappa shape index (κ1) is 17.0. The van der Waals surface area contributed by atoms with E-state index in [0.29, 0.717) is 23.7 Å². The molecule has 0 aliphatic rings. The van der Waals surface area contributed by atoms with Crippen LogP contribution in [0.25, 0.3) is 0 Å². The summed E-state index contributed by atoms with van der Waals surface area (Å²) in [6, 6.07) is 13.0. The van der Waals surface area contributed by atoms with E-state index in [4.69, 9.17) is 4.74 Å². The fourth-order valence-electron chi connectivity index (χ4n) is 1.91. The maximum atomic E-state index is 11.8. The molecule has 0 bridgehead atoms. The molecule has 0 spiro atoms. The molecule has 0 saturated heterocycles. The number of sulfonamides is 1. The van der Waals surface area contributed by atoms with Crippen molar-refractivity contribution in [1.29, 1.82) is 0 Å². The Balaban J connectivity index is 2.07. The average Bonchev–Trinajstić information content (AvgIpc) is 2.49. The lowest BCUT2D eigenvalue weighted by atomic mass is 10.3. The van der Waals surface area contributed by atoms with Crippen LogP contribution in [0.2, 0.25) is 0 Å². The second-order valence-corrected chi connectivity index (χ2v) is 6.55. The second-order valence-electron chi connectivity index (χ2n) is 4.78. The molecule has 23 heavy (non-hydrogen) atoms. The van der Waals surface area contributed by atoms with Crippen LogP contribution in [0.5, 0.6) is 11.5 Å². The molecule has 0 radical (unpaired) electrons. The summed E-state index contributed by atoms with van der Waals surface area (Å²) >= 11 is 0. The van der Waals surface area contributed by atoms with Gasteiger partial charge in [0.2, 0.25) is 15.9 Å². The van der Waals surface area contributed by atoms with Gasteiger partial charge >= 0.3 is 0 Å². The van der Waals surface area contributed by atoms with Gasteiger partial charge in [-0.05, 0) is 48.5 Å². The number of ether oxygens (including phenoxy) is 1. The first-order chi connectivity index (χ1) is 10.9. The van der Waals surface area contributed by atoms with E-state index >= 15 is 0 Å². The highest BCUT2D eigenvalue weighted by molar-refractivity contribution is 7.89. The van der Waals surface area contributed by atoms with Crippen LogP contribution in [0.1, 0.15) is 13.8 Å². The van der Waals surface area contributed by atoms with E-state index < -0.39 is 10.0 Å². The topological polar surface area (TPSA) is 84.5 Å². The summed E-state index contributed by atoms with van der Waals surface area (Å²) in [4.78, 5) is 11.1. The van der Waals surface area contributed by atoms with Crippen LogP contribution < -0.4 is 14.8 Å². The number of rotatable bonds is 6. The SMILES string of the molecule is CCNS(=O)(=O)c1ccc(Oc2ccc(NC(C)=O)cc2)cc1. The number of hydrogen-bond acceptors (Lipinski definition) is 4. The minimum absolute atomic E-state index is 0.142. The van der Waals surface area contributed by atoms with Gasteiger partial charge in [0.1, 0.15) is 11.5 Å². The number of hydrogen-bond donors (Lipinski definition) is 2. The van der Waals surface area contributed by atoms with Gasteiger partial charge in [0.25, 0.3) is 0 Å². The molecule has 7 heteroatoms. The monoisotopic (exact) mass is 334 g/mol. The van der Waals surface area contributed by atoms with Crippen LogP contribution in [0, 0.1) is 0 Å². The highest BCUT2D eigenvalue weighted by Crippen LogP contribution is 2.24. The van der Waals surface area contributed by atoms with Gasteiger partial charge in [0, 0.05) is 19.2 Å². The van der Waals surface area contributed by atoms with Gasteiger partial charge < -0.3 is 10.1 Å². The van der Waals surface area contributed by atoms with Crippen LogP contribution in [-0.2, 0) is 14.8 Å². The number of nitrogens with one attached hydrogen (secondary N) is 2. The molecule has 0 heterocycles. The van der Waals surface area contributed by atoms with E-state index in [1.807, 2.05) is 0 Å².